The summed E-state index contributed by atoms with van der Waals surface area (Å²) in [6, 6.07) is 25.1. The first-order valence-electron chi connectivity index (χ1n) is 9.77. The minimum atomic E-state index is 0. The molecule has 0 fully saturated rings. The van der Waals surface area contributed by atoms with Crippen LogP contribution in [0.25, 0.3) is 16.3 Å². The van der Waals surface area contributed by atoms with Gasteiger partial charge in [0.25, 0.3) is 0 Å². The molecule has 0 N–H and O–H groups in total. The van der Waals surface area contributed by atoms with Gasteiger partial charge >= 0.3 is 26.2 Å². The van der Waals surface area contributed by atoms with Crippen LogP contribution in [-0.4, -0.2) is 11.0 Å². The van der Waals surface area contributed by atoms with Crippen molar-refractivity contribution in [2.75, 3.05) is 0 Å². The monoisotopic (exact) mass is 547 g/mol. The van der Waals surface area contributed by atoms with E-state index in [1.807, 2.05) is 6.07 Å². The standard InChI is InChI=1S/C11H9.C9H7.C6H14.CH3.2ClH.Si.Zr/c1-2-6-10(7-3-1)11-8-4-5-9-11;1-2-5-9-7-3-6-8(9)4-1;1-3-5-6-4-2;;;;;/h1-3,6-9H,4H2;1-7H;3-6H2,1-2H3;1H3;2*1H;;/q2*-1;;-1;;;;+3. The van der Waals surface area contributed by atoms with Crippen molar-refractivity contribution < 1.29 is 26.2 Å². The van der Waals surface area contributed by atoms with E-state index in [4.69, 9.17) is 0 Å². The maximum absolute atomic E-state index is 3.15. The number of fused-ring (bicyclic) bond motifs is 1. The molecule has 31 heavy (non-hydrogen) atoms. The van der Waals surface area contributed by atoms with Crippen LogP contribution in [0, 0.1) is 13.5 Å². The third-order valence-corrected chi connectivity index (χ3v) is 4.31. The largest absolute Gasteiger partial charge is 3.00 e. The van der Waals surface area contributed by atoms with Crippen LogP contribution in [0.2, 0.25) is 0 Å². The molecule has 0 saturated heterocycles. The fraction of sp³-hybridized carbons (Fsp3) is 0.259. The first-order valence-corrected chi connectivity index (χ1v) is 9.77. The minimum Gasteiger partial charge on any atom is -0.358 e. The van der Waals surface area contributed by atoms with E-state index in [1.165, 1.54) is 47.6 Å². The summed E-state index contributed by atoms with van der Waals surface area (Å²) in [5.41, 5.74) is 2.59. The number of hydrogen-bond acceptors (Lipinski definition) is 0. The summed E-state index contributed by atoms with van der Waals surface area (Å²) in [5, 5.41) is 2.66. The molecule has 0 atom stereocenters. The van der Waals surface area contributed by atoms with Crippen LogP contribution in [-0.2, 0) is 26.2 Å². The maximum Gasteiger partial charge on any atom is 3.00 e. The number of unbranched alkanes of at least 4 members (excludes halogenated alkanes) is 3. The van der Waals surface area contributed by atoms with Gasteiger partial charge in [0.2, 0.25) is 0 Å². The van der Waals surface area contributed by atoms with E-state index >= 15 is 0 Å². The summed E-state index contributed by atoms with van der Waals surface area (Å²) in [5.74, 6) is 0. The van der Waals surface area contributed by atoms with E-state index < -0.39 is 0 Å². The zero-order chi connectivity index (χ0) is 18.5. The zero-order valence-electron chi connectivity index (χ0n) is 18.9. The maximum atomic E-state index is 3.15. The van der Waals surface area contributed by atoms with E-state index in [1.54, 1.807) is 0 Å². The number of halogens is 2. The Morgan fingerprint density at radius 1 is 0.839 bits per heavy atom. The summed E-state index contributed by atoms with van der Waals surface area (Å²) in [6.45, 7) is 4.46. The second kappa shape index (κ2) is 23.9. The molecule has 1 aliphatic carbocycles. The van der Waals surface area contributed by atoms with E-state index in [0.29, 0.717) is 0 Å². The van der Waals surface area contributed by atoms with Gasteiger partial charge in [-0.1, -0.05) is 75.9 Å². The molecule has 0 aliphatic heterocycles. The van der Waals surface area contributed by atoms with Crippen molar-refractivity contribution in [2.45, 2.75) is 46.0 Å². The van der Waals surface area contributed by atoms with Gasteiger partial charge < -0.3 is 7.43 Å². The van der Waals surface area contributed by atoms with Crippen molar-refractivity contribution in [1.82, 2.24) is 0 Å². The predicted octanol–water partition coefficient (Wildman–Crippen LogP) is 8.89. The number of rotatable bonds is 4. The molecule has 4 rings (SSSR count). The molecule has 0 unspecified atom stereocenters. The fourth-order valence-electron chi connectivity index (χ4n) is 2.80. The van der Waals surface area contributed by atoms with Crippen molar-refractivity contribution in [3.8, 4) is 0 Å². The molecule has 5 radical (unpaired) electrons. The third-order valence-electron chi connectivity index (χ3n) is 4.31. The first kappa shape index (κ1) is 37.5. The van der Waals surface area contributed by atoms with Gasteiger partial charge in [-0.15, -0.1) is 66.5 Å². The fourth-order valence-corrected chi connectivity index (χ4v) is 2.80. The quantitative estimate of drug-likeness (QED) is 0.173. The molecule has 0 aromatic heterocycles. The van der Waals surface area contributed by atoms with Gasteiger partial charge in [-0.2, -0.15) is 29.2 Å². The smallest absolute Gasteiger partial charge is 0.358 e. The molecule has 0 bridgehead atoms. The number of benzene rings is 2. The average Bonchev–Trinajstić information content (AvgIpc) is 3.40. The Labute approximate surface area is 226 Å². The van der Waals surface area contributed by atoms with E-state index in [-0.39, 0.29) is 69.4 Å². The van der Waals surface area contributed by atoms with Crippen molar-refractivity contribution in [3.63, 3.8) is 0 Å². The predicted molar refractivity (Wildman–Crippen MR) is 143 cm³/mol. The second-order valence-corrected chi connectivity index (χ2v) is 6.44. The Kier molecular flexibility index (Phi) is 28.9. The summed E-state index contributed by atoms with van der Waals surface area (Å²) >= 11 is 0. The van der Waals surface area contributed by atoms with Crippen LogP contribution in [0.3, 0.4) is 0 Å². The summed E-state index contributed by atoms with van der Waals surface area (Å²) < 4.78 is 0. The Morgan fingerprint density at radius 3 is 1.94 bits per heavy atom. The van der Waals surface area contributed by atoms with Crippen LogP contribution >= 0.6 is 24.8 Å². The van der Waals surface area contributed by atoms with Gasteiger partial charge in [0.05, 0.1) is 0 Å². The summed E-state index contributed by atoms with van der Waals surface area (Å²) in [4.78, 5) is 0. The first-order chi connectivity index (χ1) is 12.8. The van der Waals surface area contributed by atoms with Crippen molar-refractivity contribution in [2.24, 2.45) is 0 Å². The molecular formula is C27H35Cl2SiZr. The van der Waals surface area contributed by atoms with Gasteiger partial charge in [0.15, 0.2) is 0 Å². The molecule has 0 saturated carbocycles. The average molecular weight is 550 g/mol. The summed E-state index contributed by atoms with van der Waals surface area (Å²) in [6.07, 6.45) is 13.9. The van der Waals surface area contributed by atoms with Crippen LogP contribution in [0.5, 0.6) is 0 Å². The van der Waals surface area contributed by atoms with Crippen molar-refractivity contribution in [1.29, 1.82) is 0 Å². The van der Waals surface area contributed by atoms with Crippen molar-refractivity contribution in [3.05, 3.63) is 104 Å². The van der Waals surface area contributed by atoms with Gasteiger partial charge in [0.1, 0.15) is 0 Å². The molecule has 3 aromatic rings. The number of allylic oxidation sites excluding steroid dienone is 4. The van der Waals surface area contributed by atoms with Crippen LogP contribution in [0.1, 0.15) is 51.5 Å². The second-order valence-electron chi connectivity index (χ2n) is 6.44. The van der Waals surface area contributed by atoms with Gasteiger partial charge in [-0.25, -0.2) is 6.08 Å². The molecule has 4 heteroatoms. The van der Waals surface area contributed by atoms with E-state index in [2.05, 4.69) is 98.8 Å². The molecule has 3 aromatic carbocycles. The molecule has 165 valence electrons. The van der Waals surface area contributed by atoms with Gasteiger partial charge in [0, 0.05) is 11.0 Å². The number of hydrogen-bond donors (Lipinski definition) is 0. The minimum absolute atomic E-state index is 0. The third kappa shape index (κ3) is 14.8. The summed E-state index contributed by atoms with van der Waals surface area (Å²) in [7, 11) is 0. The van der Waals surface area contributed by atoms with Crippen LogP contribution < -0.4 is 0 Å². The Morgan fingerprint density at radius 2 is 1.42 bits per heavy atom. The molecule has 0 heterocycles. The van der Waals surface area contributed by atoms with Crippen LogP contribution in [0.15, 0.2) is 84.9 Å². The molecule has 0 amide bonds. The molecule has 1 aliphatic rings. The Hall–Kier alpha value is -0.790. The SMILES string of the molecule is CCCCCC.Cl.Cl.[C-]1=CC(c2ccccc2)=CC1.[CH3-].[Si].[Zr+3].c1ccc2[cH-]ccc2c1. The Bertz CT molecular complexity index is 776. The van der Waals surface area contributed by atoms with E-state index in [0.717, 1.165) is 6.42 Å². The topological polar surface area (TPSA) is 0 Å². The normalized spacial score (nSPS) is 10.1. The van der Waals surface area contributed by atoms with Gasteiger partial charge in [-0.3, -0.25) is 6.08 Å². The van der Waals surface area contributed by atoms with Crippen LogP contribution in [0.4, 0.5) is 0 Å². The Balaban J connectivity index is -0.000000169. The zero-order valence-corrected chi connectivity index (χ0v) is 24.0. The van der Waals surface area contributed by atoms with Crippen molar-refractivity contribution >= 4 is 52.1 Å². The molecule has 0 nitrogen and oxygen atoms in total. The van der Waals surface area contributed by atoms with Gasteiger partial charge in [-0.05, 0) is 0 Å². The molecular weight excluding hydrogens is 515 g/mol. The molecule has 0 spiro atoms. The van der Waals surface area contributed by atoms with E-state index in [9.17, 15) is 0 Å².